The molecule has 0 spiro atoms. The average Bonchev–Trinajstić information content (AvgIpc) is 2.77. The molecule has 1 aromatic carbocycles. The van der Waals surface area contributed by atoms with Crippen LogP contribution in [0.1, 0.15) is 24.8 Å². The molecule has 2 rings (SSSR count). The fourth-order valence-electron chi connectivity index (χ4n) is 1.52. The van der Waals surface area contributed by atoms with Gasteiger partial charge in [0, 0.05) is 12.0 Å². The van der Waals surface area contributed by atoms with Crippen molar-refractivity contribution < 1.29 is 17.7 Å². The average molecular weight is 256 g/mol. The van der Waals surface area contributed by atoms with E-state index in [0.29, 0.717) is 17.9 Å². The predicted molar refractivity (Wildman–Crippen MR) is 58.7 cm³/mol. The Balaban J connectivity index is 2.32. The molecule has 0 unspecified atom stereocenters. The summed E-state index contributed by atoms with van der Waals surface area (Å²) in [5.74, 6) is 0.620. The van der Waals surface area contributed by atoms with E-state index in [9.17, 15) is 13.2 Å². The number of rotatable bonds is 3. The molecule has 2 aromatic rings. The van der Waals surface area contributed by atoms with Crippen LogP contribution in [-0.2, 0) is 12.6 Å². The van der Waals surface area contributed by atoms with Crippen molar-refractivity contribution in [2.75, 3.05) is 0 Å². The smallest absolute Gasteiger partial charge is 0.339 e. The van der Waals surface area contributed by atoms with Gasteiger partial charge in [0.15, 0.2) is 0 Å². The van der Waals surface area contributed by atoms with Crippen LogP contribution in [0.25, 0.3) is 11.4 Å². The van der Waals surface area contributed by atoms with Crippen LogP contribution in [0, 0.1) is 0 Å². The van der Waals surface area contributed by atoms with Gasteiger partial charge in [0.25, 0.3) is 0 Å². The lowest BCUT2D eigenvalue weighted by Gasteiger charge is -2.06. The molecule has 0 aliphatic carbocycles. The number of halogens is 3. The summed E-state index contributed by atoms with van der Waals surface area (Å²) in [5, 5.41) is 3.67. The van der Waals surface area contributed by atoms with Crippen LogP contribution in [0.5, 0.6) is 0 Å². The second-order valence-corrected chi connectivity index (χ2v) is 3.84. The quantitative estimate of drug-likeness (QED) is 0.840. The maximum atomic E-state index is 12.5. The lowest BCUT2D eigenvalue weighted by Crippen LogP contribution is -2.04. The summed E-state index contributed by atoms with van der Waals surface area (Å²) in [6, 6.07) is 4.88. The minimum atomic E-state index is -4.37. The molecule has 1 heterocycles. The van der Waals surface area contributed by atoms with Gasteiger partial charge in [0.1, 0.15) is 0 Å². The molecule has 0 saturated carbocycles. The van der Waals surface area contributed by atoms with E-state index >= 15 is 0 Å². The Labute approximate surface area is 102 Å². The Morgan fingerprint density at radius 2 is 2.06 bits per heavy atom. The zero-order valence-electron chi connectivity index (χ0n) is 9.66. The van der Waals surface area contributed by atoms with Crippen LogP contribution < -0.4 is 0 Å². The third-order valence-electron chi connectivity index (χ3n) is 2.38. The summed E-state index contributed by atoms with van der Waals surface area (Å²) in [7, 11) is 0. The molecule has 3 nitrogen and oxygen atoms in total. The minimum Gasteiger partial charge on any atom is -0.339 e. The van der Waals surface area contributed by atoms with Gasteiger partial charge < -0.3 is 4.52 Å². The fraction of sp³-hybridized carbons (Fsp3) is 0.333. The third kappa shape index (κ3) is 2.69. The Bertz CT molecular complexity index is 534. The van der Waals surface area contributed by atoms with Crippen LogP contribution in [-0.4, -0.2) is 10.1 Å². The minimum absolute atomic E-state index is 0.185. The molecule has 0 aliphatic rings. The summed E-state index contributed by atoms with van der Waals surface area (Å²) in [6.45, 7) is 1.95. The first kappa shape index (κ1) is 12.6. The van der Waals surface area contributed by atoms with Crippen molar-refractivity contribution in [2.45, 2.75) is 25.9 Å². The maximum Gasteiger partial charge on any atom is 0.416 e. The SMILES string of the molecule is CCCc1nc(-c2cccc(C(F)(F)F)c2)no1. The number of aryl methyl sites for hydroxylation is 1. The molecule has 18 heavy (non-hydrogen) atoms. The Morgan fingerprint density at radius 1 is 1.28 bits per heavy atom. The second-order valence-electron chi connectivity index (χ2n) is 3.84. The van der Waals surface area contributed by atoms with E-state index in [1.165, 1.54) is 12.1 Å². The van der Waals surface area contributed by atoms with Crippen LogP contribution in [0.2, 0.25) is 0 Å². The Hall–Kier alpha value is -1.85. The topological polar surface area (TPSA) is 38.9 Å². The van der Waals surface area contributed by atoms with Crippen molar-refractivity contribution in [3.63, 3.8) is 0 Å². The maximum absolute atomic E-state index is 12.5. The number of aromatic nitrogens is 2. The van der Waals surface area contributed by atoms with Gasteiger partial charge >= 0.3 is 6.18 Å². The number of benzene rings is 1. The lowest BCUT2D eigenvalue weighted by atomic mass is 10.1. The molecule has 0 radical (unpaired) electrons. The van der Waals surface area contributed by atoms with Crippen molar-refractivity contribution in [1.29, 1.82) is 0 Å². The molecule has 6 heteroatoms. The molecular weight excluding hydrogens is 245 g/mol. The molecule has 0 bridgehead atoms. The highest BCUT2D eigenvalue weighted by molar-refractivity contribution is 5.55. The van der Waals surface area contributed by atoms with Gasteiger partial charge in [-0.1, -0.05) is 24.2 Å². The Kier molecular flexibility index (Phi) is 3.36. The first-order chi connectivity index (χ1) is 8.50. The number of nitrogens with zero attached hydrogens (tertiary/aromatic N) is 2. The number of hydrogen-bond donors (Lipinski definition) is 0. The third-order valence-corrected chi connectivity index (χ3v) is 2.38. The summed E-state index contributed by atoms with van der Waals surface area (Å²) < 4.78 is 42.6. The zero-order chi connectivity index (χ0) is 13.2. The molecule has 0 atom stereocenters. The van der Waals surface area contributed by atoms with E-state index in [-0.39, 0.29) is 5.82 Å². The number of hydrogen-bond acceptors (Lipinski definition) is 3. The van der Waals surface area contributed by atoms with Gasteiger partial charge in [-0.2, -0.15) is 18.2 Å². The van der Waals surface area contributed by atoms with Crippen molar-refractivity contribution >= 4 is 0 Å². The molecule has 0 saturated heterocycles. The first-order valence-electron chi connectivity index (χ1n) is 5.51. The van der Waals surface area contributed by atoms with Crippen molar-refractivity contribution in [3.05, 3.63) is 35.7 Å². The second kappa shape index (κ2) is 4.80. The largest absolute Gasteiger partial charge is 0.416 e. The molecular formula is C12H11F3N2O. The van der Waals surface area contributed by atoms with Crippen LogP contribution in [0.15, 0.2) is 28.8 Å². The van der Waals surface area contributed by atoms with E-state index in [2.05, 4.69) is 10.1 Å². The number of alkyl halides is 3. The predicted octanol–water partition coefficient (Wildman–Crippen LogP) is 3.71. The molecule has 1 aromatic heterocycles. The highest BCUT2D eigenvalue weighted by atomic mass is 19.4. The highest BCUT2D eigenvalue weighted by Gasteiger charge is 2.30. The van der Waals surface area contributed by atoms with E-state index in [4.69, 9.17) is 4.52 Å². The van der Waals surface area contributed by atoms with Gasteiger partial charge in [-0.05, 0) is 18.6 Å². The van der Waals surface area contributed by atoms with E-state index in [1.54, 1.807) is 0 Å². The fourth-order valence-corrected chi connectivity index (χ4v) is 1.52. The Morgan fingerprint density at radius 3 is 2.72 bits per heavy atom. The van der Waals surface area contributed by atoms with Gasteiger partial charge in [-0.25, -0.2) is 0 Å². The molecule has 0 N–H and O–H groups in total. The normalized spacial score (nSPS) is 11.8. The van der Waals surface area contributed by atoms with E-state index in [1.807, 2.05) is 6.92 Å². The van der Waals surface area contributed by atoms with Gasteiger partial charge in [0.05, 0.1) is 5.56 Å². The highest BCUT2D eigenvalue weighted by Crippen LogP contribution is 2.31. The summed E-state index contributed by atoms with van der Waals surface area (Å²) in [4.78, 5) is 4.05. The van der Waals surface area contributed by atoms with Crippen molar-refractivity contribution in [2.24, 2.45) is 0 Å². The van der Waals surface area contributed by atoms with Crippen LogP contribution >= 0.6 is 0 Å². The molecule has 96 valence electrons. The lowest BCUT2D eigenvalue weighted by molar-refractivity contribution is -0.137. The molecule has 0 amide bonds. The van der Waals surface area contributed by atoms with E-state index < -0.39 is 11.7 Å². The van der Waals surface area contributed by atoms with Crippen molar-refractivity contribution in [1.82, 2.24) is 10.1 Å². The zero-order valence-corrected chi connectivity index (χ0v) is 9.66. The van der Waals surface area contributed by atoms with E-state index in [0.717, 1.165) is 18.6 Å². The molecule has 0 aliphatic heterocycles. The monoisotopic (exact) mass is 256 g/mol. The standard InChI is InChI=1S/C12H11F3N2O/c1-2-4-10-16-11(17-18-10)8-5-3-6-9(7-8)12(13,14)15/h3,5-7H,2,4H2,1H3. The van der Waals surface area contributed by atoms with Gasteiger partial charge in [-0.3, -0.25) is 0 Å². The first-order valence-corrected chi connectivity index (χ1v) is 5.51. The summed E-state index contributed by atoms with van der Waals surface area (Å²) in [5.41, 5.74) is -0.419. The van der Waals surface area contributed by atoms with Crippen LogP contribution in [0.3, 0.4) is 0 Å². The van der Waals surface area contributed by atoms with Gasteiger partial charge in [0.2, 0.25) is 11.7 Å². The summed E-state index contributed by atoms with van der Waals surface area (Å²) >= 11 is 0. The van der Waals surface area contributed by atoms with Gasteiger partial charge in [-0.15, -0.1) is 0 Å². The summed E-state index contributed by atoms with van der Waals surface area (Å²) in [6.07, 6.45) is -2.91. The van der Waals surface area contributed by atoms with Crippen molar-refractivity contribution in [3.8, 4) is 11.4 Å². The van der Waals surface area contributed by atoms with Crippen LogP contribution in [0.4, 0.5) is 13.2 Å². The molecule has 0 fully saturated rings.